The molecule has 3 aromatic heterocycles. The molecule has 1 N–H and O–H groups in total. The van der Waals surface area contributed by atoms with E-state index in [1.807, 2.05) is 18.2 Å². The van der Waals surface area contributed by atoms with Crippen molar-refractivity contribution in [1.29, 1.82) is 0 Å². The zero-order valence-electron chi connectivity index (χ0n) is 13.1. The molecule has 3 heterocycles. The van der Waals surface area contributed by atoms with E-state index in [0.717, 1.165) is 28.1 Å². The minimum atomic E-state index is 0.626. The molecule has 4 aromatic rings. The van der Waals surface area contributed by atoms with Crippen LogP contribution in [0.15, 0.2) is 48.9 Å². The zero-order chi connectivity index (χ0) is 15.8. The maximum Gasteiger partial charge on any atom is 0.137 e. The molecule has 0 bridgehead atoms. The fourth-order valence-electron chi connectivity index (χ4n) is 2.77. The quantitative estimate of drug-likeness (QED) is 0.629. The molecule has 0 aliphatic heterocycles. The second-order valence-corrected chi connectivity index (χ2v) is 5.72. The van der Waals surface area contributed by atoms with Crippen molar-refractivity contribution < 1.29 is 0 Å². The molecule has 0 radical (unpaired) electrons. The predicted octanol–water partition coefficient (Wildman–Crippen LogP) is 3.51. The molecule has 5 nitrogen and oxygen atoms in total. The van der Waals surface area contributed by atoms with E-state index in [1.54, 1.807) is 6.33 Å². The zero-order valence-corrected chi connectivity index (χ0v) is 13.1. The van der Waals surface area contributed by atoms with E-state index in [9.17, 15) is 0 Å². The predicted molar refractivity (Wildman–Crippen MR) is 91.5 cm³/mol. The van der Waals surface area contributed by atoms with Crippen molar-refractivity contribution in [2.24, 2.45) is 0 Å². The van der Waals surface area contributed by atoms with Crippen LogP contribution in [0.2, 0.25) is 0 Å². The molecule has 0 saturated heterocycles. The Morgan fingerprint density at radius 3 is 2.87 bits per heavy atom. The van der Waals surface area contributed by atoms with E-state index in [1.165, 1.54) is 11.3 Å². The number of aromatic nitrogens is 4. The number of fused-ring (bicyclic) bond motifs is 2. The van der Waals surface area contributed by atoms with Crippen LogP contribution in [0.25, 0.3) is 16.6 Å². The molecule has 0 spiro atoms. The average Bonchev–Trinajstić information content (AvgIpc) is 2.97. The maximum atomic E-state index is 4.64. The van der Waals surface area contributed by atoms with E-state index in [0.29, 0.717) is 6.54 Å². The Bertz CT molecular complexity index is 1000. The van der Waals surface area contributed by atoms with Gasteiger partial charge < -0.3 is 9.72 Å². The number of nitrogens with zero attached hydrogens (tertiary/aromatic N) is 4. The fourth-order valence-corrected chi connectivity index (χ4v) is 2.77. The van der Waals surface area contributed by atoms with Crippen molar-refractivity contribution in [3.8, 4) is 0 Å². The van der Waals surface area contributed by atoms with E-state index >= 15 is 0 Å². The topological polar surface area (TPSA) is 55.1 Å². The Kier molecular flexibility index (Phi) is 3.19. The van der Waals surface area contributed by atoms with E-state index < -0.39 is 0 Å². The number of nitrogens with one attached hydrogen (secondary N) is 1. The van der Waals surface area contributed by atoms with Gasteiger partial charge in [0.2, 0.25) is 0 Å². The number of aryl methyl sites for hydroxylation is 2. The molecule has 0 saturated carbocycles. The Labute approximate surface area is 134 Å². The smallest absolute Gasteiger partial charge is 0.137 e. The molecular weight excluding hydrogens is 286 g/mol. The third-order valence-electron chi connectivity index (χ3n) is 3.97. The molecule has 0 aliphatic carbocycles. The highest BCUT2D eigenvalue weighted by atomic mass is 15.1. The van der Waals surface area contributed by atoms with Crippen LogP contribution < -0.4 is 5.32 Å². The summed E-state index contributed by atoms with van der Waals surface area (Å²) in [4.78, 5) is 13.3. The van der Waals surface area contributed by atoms with Crippen molar-refractivity contribution in [3.05, 3.63) is 65.9 Å². The molecule has 114 valence electrons. The average molecular weight is 303 g/mol. The van der Waals surface area contributed by atoms with E-state index in [-0.39, 0.29) is 0 Å². The number of hydrogen-bond donors (Lipinski definition) is 1. The Hall–Kier alpha value is -2.95. The highest BCUT2D eigenvalue weighted by Crippen LogP contribution is 2.21. The SMILES string of the molecule is Cc1ccc2ncnc(NCc3cn4c(C)cccc4n3)c2c1. The van der Waals surface area contributed by atoms with Crippen LogP contribution in [0.4, 0.5) is 5.82 Å². The van der Waals surface area contributed by atoms with Crippen LogP contribution in [-0.4, -0.2) is 19.4 Å². The number of hydrogen-bond acceptors (Lipinski definition) is 4. The standard InChI is InChI=1S/C18H17N5/c1-12-6-7-16-15(8-12)18(21-11-20-16)19-9-14-10-23-13(2)4-3-5-17(23)22-14/h3-8,10-11H,9H2,1-2H3,(H,19,20,21). The molecule has 0 amide bonds. The van der Waals surface area contributed by atoms with Gasteiger partial charge in [-0.15, -0.1) is 0 Å². The first kappa shape index (κ1) is 13.7. The summed E-state index contributed by atoms with van der Waals surface area (Å²) < 4.78 is 2.10. The molecule has 0 fully saturated rings. The lowest BCUT2D eigenvalue weighted by molar-refractivity contribution is 1.05. The van der Waals surface area contributed by atoms with Crippen molar-refractivity contribution >= 4 is 22.4 Å². The molecule has 0 atom stereocenters. The Morgan fingerprint density at radius 1 is 1.09 bits per heavy atom. The number of imidazole rings is 1. The number of benzene rings is 1. The minimum absolute atomic E-state index is 0.626. The summed E-state index contributed by atoms with van der Waals surface area (Å²) in [5.41, 5.74) is 5.26. The first-order valence-electron chi connectivity index (χ1n) is 7.59. The summed E-state index contributed by atoms with van der Waals surface area (Å²) in [7, 11) is 0. The van der Waals surface area contributed by atoms with Gasteiger partial charge in [0.15, 0.2) is 0 Å². The summed E-state index contributed by atoms with van der Waals surface area (Å²) in [6, 6.07) is 12.3. The summed E-state index contributed by atoms with van der Waals surface area (Å²) >= 11 is 0. The molecule has 23 heavy (non-hydrogen) atoms. The van der Waals surface area contributed by atoms with Gasteiger partial charge in [-0.25, -0.2) is 15.0 Å². The lowest BCUT2D eigenvalue weighted by atomic mass is 10.1. The third-order valence-corrected chi connectivity index (χ3v) is 3.97. The fraction of sp³-hybridized carbons (Fsp3) is 0.167. The van der Waals surface area contributed by atoms with Crippen molar-refractivity contribution in [2.45, 2.75) is 20.4 Å². The largest absolute Gasteiger partial charge is 0.364 e. The number of rotatable bonds is 3. The van der Waals surface area contributed by atoms with Gasteiger partial charge >= 0.3 is 0 Å². The van der Waals surface area contributed by atoms with Crippen molar-refractivity contribution in [1.82, 2.24) is 19.4 Å². The molecule has 1 aromatic carbocycles. The second kappa shape index (κ2) is 5.35. The van der Waals surface area contributed by atoms with Gasteiger partial charge in [-0.2, -0.15) is 0 Å². The first-order chi connectivity index (χ1) is 11.2. The summed E-state index contributed by atoms with van der Waals surface area (Å²) in [6.07, 6.45) is 3.65. The molecule has 0 aliphatic rings. The van der Waals surface area contributed by atoms with Crippen molar-refractivity contribution in [2.75, 3.05) is 5.32 Å². The highest BCUT2D eigenvalue weighted by molar-refractivity contribution is 5.89. The van der Waals surface area contributed by atoms with E-state index in [4.69, 9.17) is 0 Å². The number of anilines is 1. The maximum absolute atomic E-state index is 4.64. The lowest BCUT2D eigenvalue weighted by Crippen LogP contribution is -2.03. The Morgan fingerprint density at radius 2 is 2.00 bits per heavy atom. The van der Waals surface area contributed by atoms with Gasteiger partial charge in [0, 0.05) is 17.3 Å². The van der Waals surface area contributed by atoms with E-state index in [2.05, 4.69) is 62.9 Å². The van der Waals surface area contributed by atoms with Crippen LogP contribution in [-0.2, 0) is 6.54 Å². The monoisotopic (exact) mass is 303 g/mol. The van der Waals surface area contributed by atoms with Gasteiger partial charge in [0.1, 0.15) is 17.8 Å². The summed E-state index contributed by atoms with van der Waals surface area (Å²) in [5.74, 6) is 0.840. The summed E-state index contributed by atoms with van der Waals surface area (Å²) in [6.45, 7) is 4.77. The van der Waals surface area contributed by atoms with Crippen LogP contribution in [0.1, 0.15) is 17.0 Å². The highest BCUT2D eigenvalue weighted by Gasteiger charge is 2.06. The minimum Gasteiger partial charge on any atom is -0.364 e. The normalized spacial score (nSPS) is 11.2. The van der Waals surface area contributed by atoms with Gasteiger partial charge in [-0.1, -0.05) is 17.7 Å². The molecule has 4 rings (SSSR count). The second-order valence-electron chi connectivity index (χ2n) is 5.72. The van der Waals surface area contributed by atoms with Crippen LogP contribution in [0.3, 0.4) is 0 Å². The van der Waals surface area contributed by atoms with Gasteiger partial charge in [0.25, 0.3) is 0 Å². The number of pyridine rings is 1. The van der Waals surface area contributed by atoms with Gasteiger partial charge in [-0.3, -0.25) is 0 Å². The van der Waals surface area contributed by atoms with Crippen LogP contribution >= 0.6 is 0 Å². The first-order valence-corrected chi connectivity index (χ1v) is 7.59. The molecular formula is C18H17N5. The lowest BCUT2D eigenvalue weighted by Gasteiger charge is -2.07. The van der Waals surface area contributed by atoms with Crippen molar-refractivity contribution in [3.63, 3.8) is 0 Å². The van der Waals surface area contributed by atoms with Crippen LogP contribution in [0, 0.1) is 13.8 Å². The molecule has 5 heteroatoms. The van der Waals surface area contributed by atoms with Gasteiger partial charge in [-0.05, 0) is 38.1 Å². The summed E-state index contributed by atoms with van der Waals surface area (Å²) in [5, 5.41) is 4.42. The van der Waals surface area contributed by atoms with Gasteiger partial charge in [0.05, 0.1) is 17.8 Å². The molecule has 0 unspecified atom stereocenters. The third kappa shape index (κ3) is 2.50. The van der Waals surface area contributed by atoms with Crippen LogP contribution in [0.5, 0.6) is 0 Å². The Balaban J connectivity index is 1.65.